The fraction of sp³-hybridized carbons (Fsp3) is 0.294. The smallest absolute Gasteiger partial charge is 0.162 e. The molecule has 6 nitrogen and oxygen atoms in total. The van der Waals surface area contributed by atoms with Gasteiger partial charge in [-0.2, -0.15) is 5.10 Å². The summed E-state index contributed by atoms with van der Waals surface area (Å²) in [6.07, 6.45) is 3.40. The predicted molar refractivity (Wildman–Crippen MR) is 91.5 cm³/mol. The minimum absolute atomic E-state index is 0.149. The zero-order valence-electron chi connectivity index (χ0n) is 14.3. The standard InChI is InChI=1S/C17H18F3N5O/c1-11(16(22-3)15(20)7-21-2)17(26,8-25-10-23-9-24-25)13-5-4-12(18)6-14(13)19/h4-7,9-11,26H,2,8H2,1,3H3. The molecule has 2 aromatic rings. The van der Waals surface area contributed by atoms with Gasteiger partial charge in [0.05, 0.1) is 18.5 Å². The molecule has 0 saturated heterocycles. The van der Waals surface area contributed by atoms with Crippen molar-refractivity contribution in [2.45, 2.75) is 19.1 Å². The number of rotatable bonds is 7. The number of benzene rings is 1. The maximum Gasteiger partial charge on any atom is 0.162 e. The topological polar surface area (TPSA) is 75.7 Å². The van der Waals surface area contributed by atoms with E-state index in [9.17, 15) is 18.3 Å². The van der Waals surface area contributed by atoms with Crippen LogP contribution in [0.2, 0.25) is 0 Å². The van der Waals surface area contributed by atoms with E-state index in [1.807, 2.05) is 0 Å². The predicted octanol–water partition coefficient (Wildman–Crippen LogP) is 2.66. The van der Waals surface area contributed by atoms with Crippen molar-refractivity contribution < 1.29 is 18.3 Å². The summed E-state index contributed by atoms with van der Waals surface area (Å²) in [6.45, 7) is 4.39. The quantitative estimate of drug-likeness (QED) is 0.767. The fourth-order valence-corrected chi connectivity index (χ4v) is 2.74. The monoisotopic (exact) mass is 365 g/mol. The zero-order chi connectivity index (χ0) is 19.3. The third-order valence-electron chi connectivity index (χ3n) is 4.08. The summed E-state index contributed by atoms with van der Waals surface area (Å²) in [4.78, 5) is 11.0. The van der Waals surface area contributed by atoms with Crippen LogP contribution in [0, 0.1) is 17.6 Å². The molecule has 1 N–H and O–H groups in total. The normalized spacial score (nSPS) is 16.2. The maximum atomic E-state index is 14.4. The lowest BCUT2D eigenvalue weighted by Gasteiger charge is -2.35. The van der Waals surface area contributed by atoms with Gasteiger partial charge in [0.1, 0.15) is 29.9 Å². The summed E-state index contributed by atoms with van der Waals surface area (Å²) >= 11 is 0. The molecule has 0 aliphatic heterocycles. The second kappa shape index (κ2) is 8.05. The number of allylic oxidation sites excluding steroid dienone is 1. The number of aliphatic imine (C=N–C) groups is 2. The highest BCUT2D eigenvalue weighted by molar-refractivity contribution is 6.00. The highest BCUT2D eigenvalue weighted by atomic mass is 19.1. The molecule has 0 aliphatic carbocycles. The van der Waals surface area contributed by atoms with Crippen LogP contribution < -0.4 is 0 Å². The third kappa shape index (κ3) is 3.88. The Morgan fingerprint density at radius 2 is 2.19 bits per heavy atom. The minimum Gasteiger partial charge on any atom is -0.382 e. The van der Waals surface area contributed by atoms with Gasteiger partial charge in [0, 0.05) is 24.6 Å². The van der Waals surface area contributed by atoms with E-state index in [4.69, 9.17) is 0 Å². The van der Waals surface area contributed by atoms with E-state index in [2.05, 4.69) is 26.8 Å². The summed E-state index contributed by atoms with van der Waals surface area (Å²) < 4.78 is 43.3. The molecular weight excluding hydrogens is 347 g/mol. The number of aromatic nitrogens is 3. The molecule has 0 spiro atoms. The summed E-state index contributed by atoms with van der Waals surface area (Å²) in [5, 5.41) is 15.2. The Kier molecular flexibility index (Phi) is 6.04. The average Bonchev–Trinajstić information content (AvgIpc) is 3.08. The minimum atomic E-state index is -1.99. The van der Waals surface area contributed by atoms with Crippen LogP contribution >= 0.6 is 0 Å². The van der Waals surface area contributed by atoms with Crippen molar-refractivity contribution in [3.8, 4) is 0 Å². The van der Waals surface area contributed by atoms with Gasteiger partial charge in [0.2, 0.25) is 0 Å². The van der Waals surface area contributed by atoms with E-state index in [1.54, 1.807) is 0 Å². The van der Waals surface area contributed by atoms with Gasteiger partial charge in [0.25, 0.3) is 0 Å². The van der Waals surface area contributed by atoms with Gasteiger partial charge in [-0.25, -0.2) is 22.8 Å². The molecule has 0 bridgehead atoms. The summed E-state index contributed by atoms with van der Waals surface area (Å²) in [7, 11) is 1.33. The number of nitrogens with zero attached hydrogens (tertiary/aromatic N) is 5. The van der Waals surface area contributed by atoms with E-state index >= 15 is 0 Å². The Labute approximate surface area is 148 Å². The van der Waals surface area contributed by atoms with Crippen molar-refractivity contribution in [1.82, 2.24) is 14.8 Å². The van der Waals surface area contributed by atoms with Gasteiger partial charge in [-0.05, 0) is 12.8 Å². The van der Waals surface area contributed by atoms with Crippen molar-refractivity contribution in [2.24, 2.45) is 15.9 Å². The first-order valence-electron chi connectivity index (χ1n) is 7.62. The molecule has 2 unspecified atom stereocenters. The molecule has 1 aromatic heterocycles. The first-order valence-corrected chi connectivity index (χ1v) is 7.62. The molecule has 0 radical (unpaired) electrons. The first kappa shape index (κ1) is 19.5. The van der Waals surface area contributed by atoms with Gasteiger partial charge >= 0.3 is 0 Å². The summed E-state index contributed by atoms with van der Waals surface area (Å²) in [5.74, 6) is -3.63. The highest BCUT2D eigenvalue weighted by Crippen LogP contribution is 2.36. The molecular formula is C17H18F3N5O. The second-order valence-corrected chi connectivity index (χ2v) is 5.63. The van der Waals surface area contributed by atoms with Crippen LogP contribution in [0.25, 0.3) is 0 Å². The van der Waals surface area contributed by atoms with Crippen LogP contribution in [0.5, 0.6) is 0 Å². The number of hydrogen-bond donors (Lipinski definition) is 1. The van der Waals surface area contributed by atoms with Crippen molar-refractivity contribution in [2.75, 3.05) is 7.05 Å². The molecule has 1 aromatic carbocycles. The number of hydrogen-bond acceptors (Lipinski definition) is 5. The average molecular weight is 365 g/mol. The van der Waals surface area contributed by atoms with Crippen LogP contribution in [0.1, 0.15) is 12.5 Å². The largest absolute Gasteiger partial charge is 0.382 e. The Bertz CT molecular complexity index is 835. The molecule has 26 heavy (non-hydrogen) atoms. The molecule has 0 amide bonds. The van der Waals surface area contributed by atoms with Crippen molar-refractivity contribution >= 4 is 12.4 Å². The Morgan fingerprint density at radius 3 is 2.73 bits per heavy atom. The van der Waals surface area contributed by atoms with E-state index in [-0.39, 0.29) is 17.8 Å². The molecule has 9 heteroatoms. The van der Waals surface area contributed by atoms with Gasteiger partial charge in [-0.1, -0.05) is 13.0 Å². The molecule has 2 rings (SSSR count). The second-order valence-electron chi connectivity index (χ2n) is 5.63. The SMILES string of the molecule is C=NC=C(F)C(=NC)C(C)C(O)(Cn1cncn1)c1ccc(F)cc1F. The zero-order valence-corrected chi connectivity index (χ0v) is 14.3. The Morgan fingerprint density at radius 1 is 1.46 bits per heavy atom. The lowest BCUT2D eigenvalue weighted by atomic mass is 9.78. The van der Waals surface area contributed by atoms with E-state index in [0.29, 0.717) is 6.07 Å². The molecule has 2 atom stereocenters. The lowest BCUT2D eigenvalue weighted by molar-refractivity contribution is -0.0160. The third-order valence-corrected chi connectivity index (χ3v) is 4.08. The van der Waals surface area contributed by atoms with E-state index in [1.165, 1.54) is 31.3 Å². The molecule has 138 valence electrons. The maximum absolute atomic E-state index is 14.4. The van der Waals surface area contributed by atoms with Crippen molar-refractivity contribution in [1.29, 1.82) is 0 Å². The number of aliphatic hydroxyl groups is 1. The molecule has 1 heterocycles. The summed E-state index contributed by atoms with van der Waals surface area (Å²) in [6, 6.07) is 2.77. The fourth-order valence-electron chi connectivity index (χ4n) is 2.74. The lowest BCUT2D eigenvalue weighted by Crippen LogP contribution is -2.43. The van der Waals surface area contributed by atoms with Crippen molar-refractivity contribution in [3.63, 3.8) is 0 Å². The highest BCUT2D eigenvalue weighted by Gasteiger charge is 2.42. The van der Waals surface area contributed by atoms with Gasteiger partial charge in [-0.15, -0.1) is 0 Å². The Hall–Kier alpha value is -2.81. The van der Waals surface area contributed by atoms with Gasteiger partial charge in [-0.3, -0.25) is 9.98 Å². The van der Waals surface area contributed by atoms with Gasteiger partial charge < -0.3 is 5.11 Å². The van der Waals surface area contributed by atoms with Crippen LogP contribution in [-0.2, 0) is 12.1 Å². The number of halogens is 3. The van der Waals surface area contributed by atoms with Crippen LogP contribution in [0.15, 0.2) is 52.9 Å². The Balaban J connectivity index is 2.59. The molecule has 0 aliphatic rings. The summed E-state index contributed by atoms with van der Waals surface area (Å²) in [5.41, 5.74) is -2.36. The van der Waals surface area contributed by atoms with Gasteiger partial charge in [0.15, 0.2) is 5.83 Å². The van der Waals surface area contributed by atoms with Crippen LogP contribution in [0.4, 0.5) is 13.2 Å². The van der Waals surface area contributed by atoms with Crippen LogP contribution in [0.3, 0.4) is 0 Å². The van der Waals surface area contributed by atoms with E-state index in [0.717, 1.165) is 18.3 Å². The van der Waals surface area contributed by atoms with Crippen LogP contribution in [-0.4, -0.2) is 39.3 Å². The first-order chi connectivity index (χ1) is 12.3. The molecule has 0 fully saturated rings. The van der Waals surface area contributed by atoms with E-state index < -0.39 is 29.0 Å². The molecule has 0 saturated carbocycles. The van der Waals surface area contributed by atoms with Crippen molar-refractivity contribution in [3.05, 3.63) is 60.1 Å².